The van der Waals surface area contributed by atoms with Crippen LogP contribution in [-0.2, 0) is 30.4 Å². The summed E-state index contributed by atoms with van der Waals surface area (Å²) in [7, 11) is 0. The fraction of sp³-hybridized carbons (Fsp3) is 0.750. The average molecular weight is 620 g/mol. The molecule has 1 amide bonds. The molecule has 0 bridgehead atoms. The molecule has 0 spiro atoms. The van der Waals surface area contributed by atoms with Gasteiger partial charge in [-0.3, -0.25) is 4.79 Å². The van der Waals surface area contributed by atoms with Crippen molar-refractivity contribution in [1.29, 1.82) is 0 Å². The highest BCUT2D eigenvalue weighted by Gasteiger charge is 2.27. The molecule has 0 aliphatic carbocycles. The summed E-state index contributed by atoms with van der Waals surface area (Å²) in [5, 5.41) is 12.0. The molecule has 0 aliphatic heterocycles. The van der Waals surface area contributed by atoms with Gasteiger partial charge in [0.15, 0.2) is 0 Å². The van der Waals surface area contributed by atoms with Crippen molar-refractivity contribution in [3.63, 3.8) is 0 Å². The molecule has 1 aromatic rings. The lowest BCUT2D eigenvalue weighted by molar-refractivity contribution is -0.151. The van der Waals surface area contributed by atoms with Crippen molar-refractivity contribution in [1.82, 2.24) is 5.32 Å². The van der Waals surface area contributed by atoms with Crippen LogP contribution in [0, 0.1) is 11.8 Å². The summed E-state index contributed by atoms with van der Waals surface area (Å²) in [6, 6.07) is 8.38. The lowest BCUT2D eigenvalue weighted by Gasteiger charge is -2.22. The molecular weight excluding hydrogens is 558 g/mol. The minimum absolute atomic E-state index is 0.0183. The molecule has 0 radical (unpaired) electrons. The molecule has 0 aromatic heterocycles. The molecule has 1 aromatic carbocycles. The van der Waals surface area contributed by atoms with Crippen molar-refractivity contribution >= 4 is 18.0 Å². The number of hydrogen-bond acceptors (Lipinski definition) is 7. The number of hydrogen-bond donors (Lipinski definition) is 2. The van der Waals surface area contributed by atoms with E-state index in [9.17, 15) is 19.5 Å². The molecule has 1 rings (SSSR count). The van der Waals surface area contributed by atoms with Gasteiger partial charge in [-0.1, -0.05) is 141 Å². The Morgan fingerprint density at radius 1 is 0.727 bits per heavy atom. The van der Waals surface area contributed by atoms with Crippen molar-refractivity contribution in [2.45, 2.75) is 143 Å². The Morgan fingerprint density at radius 2 is 1.25 bits per heavy atom. The van der Waals surface area contributed by atoms with E-state index in [1.807, 2.05) is 30.3 Å². The third kappa shape index (κ3) is 21.2. The SMILES string of the molecule is CCCCCCCCCCCCCCCCCC(=O)OCC(CCO)COC(=O)[C@@H](NC(=O)OCc1ccccc1)C(C)C. The van der Waals surface area contributed by atoms with Gasteiger partial charge in [-0.25, -0.2) is 9.59 Å². The number of aliphatic hydroxyl groups is 1. The molecule has 252 valence electrons. The van der Waals surface area contributed by atoms with Crippen molar-refractivity contribution in [3.05, 3.63) is 35.9 Å². The number of esters is 2. The van der Waals surface area contributed by atoms with Gasteiger partial charge in [0.2, 0.25) is 0 Å². The Labute approximate surface area is 267 Å². The molecule has 0 saturated carbocycles. The maximum atomic E-state index is 12.7. The number of carbonyl (C=O) groups excluding carboxylic acids is 3. The maximum absolute atomic E-state index is 12.7. The first-order valence-electron chi connectivity index (χ1n) is 17.3. The predicted octanol–water partition coefficient (Wildman–Crippen LogP) is 8.28. The van der Waals surface area contributed by atoms with Crippen LogP contribution in [0.25, 0.3) is 0 Å². The second kappa shape index (κ2) is 26.8. The normalized spacial score (nSPS) is 12.5. The number of aliphatic hydroxyl groups excluding tert-OH is 1. The molecule has 1 unspecified atom stereocenters. The minimum atomic E-state index is -0.888. The first-order valence-corrected chi connectivity index (χ1v) is 17.3. The summed E-state index contributed by atoms with van der Waals surface area (Å²) in [6.45, 7) is 5.89. The number of nitrogens with one attached hydrogen (secondary N) is 1. The third-order valence-corrected chi connectivity index (χ3v) is 7.87. The van der Waals surface area contributed by atoms with Gasteiger partial charge in [-0.05, 0) is 24.3 Å². The van der Waals surface area contributed by atoms with Gasteiger partial charge in [-0.2, -0.15) is 0 Å². The number of carbonyl (C=O) groups is 3. The minimum Gasteiger partial charge on any atom is -0.465 e. The molecule has 2 N–H and O–H groups in total. The van der Waals surface area contributed by atoms with E-state index in [-0.39, 0.29) is 44.2 Å². The quantitative estimate of drug-likeness (QED) is 0.0579. The van der Waals surface area contributed by atoms with Crippen LogP contribution < -0.4 is 5.32 Å². The Balaban J connectivity index is 2.17. The lowest BCUT2D eigenvalue weighted by Crippen LogP contribution is -2.46. The zero-order chi connectivity index (χ0) is 32.3. The van der Waals surface area contributed by atoms with Gasteiger partial charge >= 0.3 is 18.0 Å². The largest absolute Gasteiger partial charge is 0.465 e. The highest BCUT2D eigenvalue weighted by atomic mass is 16.6. The van der Waals surface area contributed by atoms with Crippen LogP contribution in [0.4, 0.5) is 4.79 Å². The van der Waals surface area contributed by atoms with Crippen molar-refractivity contribution < 1.29 is 33.7 Å². The smallest absolute Gasteiger partial charge is 0.408 e. The first-order chi connectivity index (χ1) is 21.4. The summed E-state index contributed by atoms with van der Waals surface area (Å²) in [5.74, 6) is -1.41. The van der Waals surface area contributed by atoms with E-state index in [0.717, 1.165) is 24.8 Å². The second-order valence-electron chi connectivity index (χ2n) is 12.3. The van der Waals surface area contributed by atoms with Crippen LogP contribution in [0.3, 0.4) is 0 Å². The monoisotopic (exact) mass is 619 g/mol. The molecule has 8 nitrogen and oxygen atoms in total. The molecule has 0 fully saturated rings. The van der Waals surface area contributed by atoms with Gasteiger partial charge in [0, 0.05) is 18.9 Å². The van der Waals surface area contributed by atoms with Gasteiger partial charge in [-0.15, -0.1) is 0 Å². The molecule has 0 saturated heterocycles. The Hall–Kier alpha value is -2.61. The van der Waals surface area contributed by atoms with Gasteiger partial charge in [0.05, 0.1) is 13.2 Å². The molecule has 2 atom stereocenters. The van der Waals surface area contributed by atoms with Crippen LogP contribution in [-0.4, -0.2) is 49.0 Å². The topological polar surface area (TPSA) is 111 Å². The zero-order valence-electron chi connectivity index (χ0n) is 27.9. The number of alkyl carbamates (subject to hydrolysis) is 1. The Morgan fingerprint density at radius 3 is 1.77 bits per heavy atom. The molecule has 0 heterocycles. The number of amides is 1. The third-order valence-electron chi connectivity index (χ3n) is 7.87. The highest BCUT2D eigenvalue weighted by molar-refractivity contribution is 5.81. The first kappa shape index (κ1) is 39.4. The van der Waals surface area contributed by atoms with Crippen LogP contribution in [0.2, 0.25) is 0 Å². The van der Waals surface area contributed by atoms with E-state index in [4.69, 9.17) is 14.2 Å². The van der Waals surface area contributed by atoms with Gasteiger partial charge in [0.1, 0.15) is 12.6 Å². The van der Waals surface area contributed by atoms with Crippen LogP contribution in [0.15, 0.2) is 30.3 Å². The summed E-state index contributed by atoms with van der Waals surface area (Å²) >= 11 is 0. The molecule has 8 heteroatoms. The number of unbranched alkanes of at least 4 members (excludes halogenated alkanes) is 14. The lowest BCUT2D eigenvalue weighted by atomic mass is 10.0. The zero-order valence-corrected chi connectivity index (χ0v) is 27.9. The second-order valence-corrected chi connectivity index (χ2v) is 12.3. The fourth-order valence-corrected chi connectivity index (χ4v) is 5.00. The van der Waals surface area contributed by atoms with Crippen molar-refractivity contribution in [3.8, 4) is 0 Å². The van der Waals surface area contributed by atoms with Gasteiger partial charge in [0.25, 0.3) is 0 Å². The highest BCUT2D eigenvalue weighted by Crippen LogP contribution is 2.15. The van der Waals surface area contributed by atoms with Crippen LogP contribution >= 0.6 is 0 Å². The summed E-state index contributed by atoms with van der Waals surface area (Å²) in [6.07, 6.45) is 19.1. The van der Waals surface area contributed by atoms with E-state index in [1.165, 1.54) is 77.0 Å². The van der Waals surface area contributed by atoms with Gasteiger partial charge < -0.3 is 24.6 Å². The van der Waals surface area contributed by atoms with E-state index in [1.54, 1.807) is 13.8 Å². The molecule has 0 aliphatic rings. The van der Waals surface area contributed by atoms with E-state index >= 15 is 0 Å². The van der Waals surface area contributed by atoms with E-state index < -0.39 is 18.1 Å². The van der Waals surface area contributed by atoms with Crippen molar-refractivity contribution in [2.24, 2.45) is 11.8 Å². The average Bonchev–Trinajstić information content (AvgIpc) is 3.02. The van der Waals surface area contributed by atoms with Crippen LogP contribution in [0.1, 0.15) is 135 Å². The summed E-state index contributed by atoms with van der Waals surface area (Å²) in [4.78, 5) is 37.3. The summed E-state index contributed by atoms with van der Waals surface area (Å²) < 4.78 is 16.1. The number of rotatable bonds is 27. The van der Waals surface area contributed by atoms with E-state index in [0.29, 0.717) is 12.8 Å². The fourth-order valence-electron chi connectivity index (χ4n) is 5.00. The predicted molar refractivity (Wildman–Crippen MR) is 175 cm³/mol. The van der Waals surface area contributed by atoms with Crippen molar-refractivity contribution in [2.75, 3.05) is 19.8 Å². The summed E-state index contributed by atoms with van der Waals surface area (Å²) in [5.41, 5.74) is 0.840. The van der Waals surface area contributed by atoms with E-state index in [2.05, 4.69) is 12.2 Å². The number of ether oxygens (including phenoxy) is 3. The van der Waals surface area contributed by atoms with Crippen LogP contribution in [0.5, 0.6) is 0 Å². The molecular formula is C36H61NO7. The molecule has 44 heavy (non-hydrogen) atoms. The number of benzene rings is 1. The maximum Gasteiger partial charge on any atom is 0.408 e. The Kier molecular flexibility index (Phi) is 24.0. The Bertz CT molecular complexity index is 861. The standard InChI is InChI=1S/C36H61NO7/c1-4-5-6-7-8-9-10-11-12-13-14-15-16-17-21-24-33(39)42-28-32(25-26-38)29-43-35(40)34(30(2)3)37-36(41)44-27-31-22-19-18-20-23-31/h18-20,22-23,30,32,34,38H,4-17,21,24-29H2,1-3H3,(H,37,41)/t32?,34-/m0/s1.